The lowest BCUT2D eigenvalue weighted by atomic mass is 10.1. The van der Waals surface area contributed by atoms with E-state index in [1.54, 1.807) is 30.1 Å². The van der Waals surface area contributed by atoms with Crippen LogP contribution >= 0.6 is 23.1 Å². The molecule has 29 heavy (non-hydrogen) atoms. The van der Waals surface area contributed by atoms with E-state index in [0.717, 1.165) is 40.8 Å². The van der Waals surface area contributed by atoms with Crippen molar-refractivity contribution >= 4 is 39.2 Å². The molecule has 2 aromatic heterocycles. The number of thioether (sulfide) groups is 1. The molecule has 0 radical (unpaired) electrons. The number of hydrogen-bond donors (Lipinski definition) is 1. The van der Waals surface area contributed by atoms with Gasteiger partial charge in [-0.15, -0.1) is 11.3 Å². The van der Waals surface area contributed by atoms with E-state index >= 15 is 0 Å². The molecule has 0 unspecified atom stereocenters. The summed E-state index contributed by atoms with van der Waals surface area (Å²) < 4.78 is 6.90. The minimum atomic E-state index is -0.0760. The van der Waals surface area contributed by atoms with Gasteiger partial charge in [-0.1, -0.05) is 30.0 Å². The van der Waals surface area contributed by atoms with Gasteiger partial charge in [-0.2, -0.15) is 0 Å². The van der Waals surface area contributed by atoms with Gasteiger partial charge in [-0.25, -0.2) is 4.98 Å². The number of thiophene rings is 1. The number of fused-ring (bicyclic) bond motifs is 3. The molecule has 1 amide bonds. The quantitative estimate of drug-likeness (QED) is 0.462. The number of aryl methyl sites for hydroxylation is 2. The third-order valence-electron chi connectivity index (χ3n) is 5.15. The molecule has 0 saturated heterocycles. The molecule has 0 saturated carbocycles. The second kappa shape index (κ2) is 8.59. The molecular formula is C21H23N3O3S2. The van der Waals surface area contributed by atoms with E-state index in [2.05, 4.69) is 10.3 Å². The zero-order valence-corrected chi connectivity index (χ0v) is 18.1. The van der Waals surface area contributed by atoms with Crippen molar-refractivity contribution in [2.24, 2.45) is 7.05 Å². The number of ether oxygens (including phenoxy) is 1. The summed E-state index contributed by atoms with van der Waals surface area (Å²) in [6.07, 6.45) is 3.82. The van der Waals surface area contributed by atoms with E-state index in [1.165, 1.54) is 22.2 Å². The van der Waals surface area contributed by atoms with Crippen LogP contribution in [0.2, 0.25) is 0 Å². The Labute approximate surface area is 177 Å². The van der Waals surface area contributed by atoms with E-state index < -0.39 is 0 Å². The van der Waals surface area contributed by atoms with Crippen LogP contribution in [0.25, 0.3) is 10.2 Å². The molecule has 1 N–H and O–H groups in total. The summed E-state index contributed by atoms with van der Waals surface area (Å²) in [6, 6.07) is 7.79. The Hall–Kier alpha value is -2.32. The van der Waals surface area contributed by atoms with E-state index in [0.29, 0.717) is 18.1 Å². The van der Waals surface area contributed by atoms with Crippen molar-refractivity contribution in [2.45, 2.75) is 30.8 Å². The first-order valence-electron chi connectivity index (χ1n) is 9.61. The monoisotopic (exact) mass is 429 g/mol. The molecule has 0 atom stereocenters. The average Bonchev–Trinajstić information content (AvgIpc) is 3.31. The summed E-state index contributed by atoms with van der Waals surface area (Å²) in [7, 11) is 3.38. The minimum absolute atomic E-state index is 0.00604. The van der Waals surface area contributed by atoms with Crippen molar-refractivity contribution in [1.82, 2.24) is 14.9 Å². The standard InChI is InChI=1S/C21H23N3O3S2/c1-24-20(26)18-14-7-5-9-16(14)29-19(18)23-21(24)28-12-17(25)22-11-10-13-6-3-4-8-15(13)27-2/h3-4,6,8H,5,7,9-12H2,1-2H3,(H,22,25). The van der Waals surface area contributed by atoms with Crippen LogP contribution in [-0.4, -0.2) is 34.9 Å². The largest absolute Gasteiger partial charge is 0.496 e. The van der Waals surface area contributed by atoms with E-state index in [-0.39, 0.29) is 17.2 Å². The van der Waals surface area contributed by atoms with Gasteiger partial charge in [0.2, 0.25) is 5.91 Å². The number of hydrogen-bond acceptors (Lipinski definition) is 6. The minimum Gasteiger partial charge on any atom is -0.496 e. The molecule has 2 heterocycles. The van der Waals surface area contributed by atoms with Crippen molar-refractivity contribution in [3.8, 4) is 5.75 Å². The van der Waals surface area contributed by atoms with Crippen LogP contribution < -0.4 is 15.6 Å². The molecule has 0 spiro atoms. The molecule has 0 fully saturated rings. The van der Waals surface area contributed by atoms with Crippen LogP contribution in [0.1, 0.15) is 22.4 Å². The predicted molar refractivity (Wildman–Crippen MR) is 117 cm³/mol. The zero-order valence-electron chi connectivity index (χ0n) is 16.5. The first-order valence-corrected chi connectivity index (χ1v) is 11.4. The second-order valence-electron chi connectivity index (χ2n) is 7.00. The summed E-state index contributed by atoms with van der Waals surface area (Å²) >= 11 is 2.92. The fourth-order valence-corrected chi connectivity index (χ4v) is 5.77. The van der Waals surface area contributed by atoms with E-state index in [1.807, 2.05) is 24.3 Å². The first kappa shape index (κ1) is 20.0. The number of aromatic nitrogens is 2. The number of para-hydroxylation sites is 1. The molecule has 6 nitrogen and oxygen atoms in total. The lowest BCUT2D eigenvalue weighted by Crippen LogP contribution is -2.28. The molecule has 3 aromatic rings. The van der Waals surface area contributed by atoms with Crippen molar-refractivity contribution in [3.05, 3.63) is 50.6 Å². The van der Waals surface area contributed by atoms with Crippen molar-refractivity contribution in [3.63, 3.8) is 0 Å². The molecule has 4 rings (SSSR count). The third kappa shape index (κ3) is 4.04. The number of benzene rings is 1. The SMILES string of the molecule is COc1ccccc1CCNC(=O)CSc1nc2sc3c(c2c(=O)n1C)CCC3. The van der Waals surface area contributed by atoms with Gasteiger partial charge in [0.05, 0.1) is 18.2 Å². The van der Waals surface area contributed by atoms with Gasteiger partial charge in [0, 0.05) is 18.5 Å². The lowest BCUT2D eigenvalue weighted by molar-refractivity contribution is -0.118. The Balaban J connectivity index is 1.37. The first-order chi connectivity index (χ1) is 14.1. The van der Waals surface area contributed by atoms with Gasteiger partial charge in [0.1, 0.15) is 10.6 Å². The van der Waals surface area contributed by atoms with Crippen LogP contribution in [0.15, 0.2) is 34.2 Å². The maximum atomic E-state index is 12.8. The Kier molecular flexibility index (Phi) is 5.91. The highest BCUT2D eigenvalue weighted by Crippen LogP contribution is 2.35. The van der Waals surface area contributed by atoms with Gasteiger partial charge >= 0.3 is 0 Å². The predicted octanol–water partition coefficient (Wildman–Crippen LogP) is 2.94. The summed E-state index contributed by atoms with van der Waals surface area (Å²) in [6.45, 7) is 0.531. The van der Waals surface area contributed by atoms with Gasteiger partial charge in [-0.05, 0) is 42.9 Å². The van der Waals surface area contributed by atoms with Crippen LogP contribution in [0.3, 0.4) is 0 Å². The molecule has 0 bridgehead atoms. The average molecular weight is 430 g/mol. The van der Waals surface area contributed by atoms with Crippen LogP contribution in [0.5, 0.6) is 5.75 Å². The number of methoxy groups -OCH3 is 1. The highest BCUT2D eigenvalue weighted by Gasteiger charge is 2.22. The molecule has 152 valence electrons. The van der Waals surface area contributed by atoms with Crippen LogP contribution in [0.4, 0.5) is 0 Å². The van der Waals surface area contributed by atoms with E-state index in [4.69, 9.17) is 4.74 Å². The van der Waals surface area contributed by atoms with Crippen molar-refractivity contribution in [1.29, 1.82) is 0 Å². The summed E-state index contributed by atoms with van der Waals surface area (Å²) in [5.41, 5.74) is 2.24. The fourth-order valence-electron chi connectivity index (χ4n) is 3.66. The molecule has 1 aromatic carbocycles. The maximum Gasteiger partial charge on any atom is 0.262 e. The maximum absolute atomic E-state index is 12.8. The van der Waals surface area contributed by atoms with Crippen LogP contribution in [-0.2, 0) is 31.1 Å². The van der Waals surface area contributed by atoms with Crippen molar-refractivity contribution in [2.75, 3.05) is 19.4 Å². The van der Waals surface area contributed by atoms with E-state index in [9.17, 15) is 9.59 Å². The number of nitrogens with zero attached hydrogens (tertiary/aromatic N) is 2. The Morgan fingerprint density at radius 3 is 3.00 bits per heavy atom. The third-order valence-corrected chi connectivity index (χ3v) is 7.36. The second-order valence-corrected chi connectivity index (χ2v) is 9.02. The van der Waals surface area contributed by atoms with Gasteiger partial charge in [0.15, 0.2) is 5.16 Å². The Morgan fingerprint density at radius 1 is 1.34 bits per heavy atom. The fraction of sp³-hybridized carbons (Fsp3) is 0.381. The molecule has 8 heteroatoms. The Bertz CT molecular complexity index is 1120. The van der Waals surface area contributed by atoms with Gasteiger partial charge in [-0.3, -0.25) is 14.2 Å². The molecule has 1 aliphatic carbocycles. The normalized spacial score (nSPS) is 12.9. The Morgan fingerprint density at radius 2 is 2.17 bits per heavy atom. The van der Waals surface area contributed by atoms with Gasteiger partial charge < -0.3 is 10.1 Å². The van der Waals surface area contributed by atoms with Crippen LogP contribution in [0, 0.1) is 0 Å². The van der Waals surface area contributed by atoms with Gasteiger partial charge in [0.25, 0.3) is 5.56 Å². The van der Waals surface area contributed by atoms with Crippen molar-refractivity contribution < 1.29 is 9.53 Å². The number of carbonyl (C=O) groups excluding carboxylic acids is 1. The highest BCUT2D eigenvalue weighted by atomic mass is 32.2. The molecule has 1 aliphatic rings. The molecular weight excluding hydrogens is 406 g/mol. The number of nitrogens with one attached hydrogen (secondary N) is 1. The lowest BCUT2D eigenvalue weighted by Gasteiger charge is -2.10. The zero-order chi connectivity index (χ0) is 20.4. The topological polar surface area (TPSA) is 73.2 Å². The highest BCUT2D eigenvalue weighted by molar-refractivity contribution is 7.99. The molecule has 0 aliphatic heterocycles. The number of amides is 1. The number of rotatable bonds is 7. The summed E-state index contributed by atoms with van der Waals surface area (Å²) in [5.74, 6) is 0.974. The number of carbonyl (C=O) groups is 1. The summed E-state index contributed by atoms with van der Waals surface area (Å²) in [4.78, 5) is 31.8. The summed E-state index contributed by atoms with van der Waals surface area (Å²) in [5, 5.41) is 4.29. The smallest absolute Gasteiger partial charge is 0.262 e.